The van der Waals surface area contributed by atoms with E-state index >= 15 is 0 Å². The highest BCUT2D eigenvalue weighted by Crippen LogP contribution is 2.19. The first-order chi connectivity index (χ1) is 7.93. The molecule has 1 rings (SSSR count). The summed E-state index contributed by atoms with van der Waals surface area (Å²) >= 11 is 0. The SMILES string of the molecule is CCNC(=O)NC(=O)CN1CCCC(C)(O)C1. The molecule has 1 atom stereocenters. The van der Waals surface area contributed by atoms with Gasteiger partial charge < -0.3 is 10.4 Å². The van der Waals surface area contributed by atoms with E-state index < -0.39 is 11.6 Å². The number of hydrogen-bond donors (Lipinski definition) is 3. The van der Waals surface area contributed by atoms with Gasteiger partial charge in [-0.3, -0.25) is 15.0 Å². The van der Waals surface area contributed by atoms with Gasteiger partial charge in [-0.2, -0.15) is 0 Å². The Labute approximate surface area is 101 Å². The fourth-order valence-corrected chi connectivity index (χ4v) is 2.03. The molecule has 98 valence electrons. The molecule has 0 aromatic carbocycles. The highest BCUT2D eigenvalue weighted by molar-refractivity contribution is 5.95. The zero-order valence-corrected chi connectivity index (χ0v) is 10.5. The maximum absolute atomic E-state index is 11.5. The van der Waals surface area contributed by atoms with Gasteiger partial charge in [-0.05, 0) is 33.2 Å². The second-order valence-corrected chi connectivity index (χ2v) is 4.72. The third-order valence-electron chi connectivity index (χ3n) is 2.71. The lowest BCUT2D eigenvalue weighted by molar-refractivity contribution is -0.122. The number of rotatable bonds is 3. The van der Waals surface area contributed by atoms with Gasteiger partial charge in [0, 0.05) is 13.1 Å². The highest BCUT2D eigenvalue weighted by atomic mass is 16.3. The average molecular weight is 243 g/mol. The molecule has 17 heavy (non-hydrogen) atoms. The van der Waals surface area contributed by atoms with Crippen molar-refractivity contribution in [3.05, 3.63) is 0 Å². The van der Waals surface area contributed by atoms with Gasteiger partial charge in [0.2, 0.25) is 5.91 Å². The van der Waals surface area contributed by atoms with Crippen molar-refractivity contribution in [3.8, 4) is 0 Å². The van der Waals surface area contributed by atoms with Crippen molar-refractivity contribution in [3.63, 3.8) is 0 Å². The molecule has 1 aliphatic rings. The fraction of sp³-hybridized carbons (Fsp3) is 0.818. The second-order valence-electron chi connectivity index (χ2n) is 4.72. The minimum atomic E-state index is -0.732. The van der Waals surface area contributed by atoms with Crippen LogP contribution in [-0.4, -0.2) is 53.7 Å². The van der Waals surface area contributed by atoms with Gasteiger partial charge in [0.25, 0.3) is 0 Å². The Hall–Kier alpha value is -1.14. The van der Waals surface area contributed by atoms with Crippen molar-refractivity contribution in [2.24, 2.45) is 0 Å². The Morgan fingerprint density at radius 3 is 2.76 bits per heavy atom. The summed E-state index contributed by atoms with van der Waals surface area (Å²) in [6, 6.07) is -0.471. The molecule has 1 aliphatic heterocycles. The summed E-state index contributed by atoms with van der Waals surface area (Å²) < 4.78 is 0. The van der Waals surface area contributed by atoms with Gasteiger partial charge in [-0.1, -0.05) is 0 Å². The van der Waals surface area contributed by atoms with Crippen LogP contribution in [0.5, 0.6) is 0 Å². The second kappa shape index (κ2) is 5.97. The number of likely N-dealkylation sites (tertiary alicyclic amines) is 1. The molecular formula is C11H21N3O3. The molecular weight excluding hydrogens is 222 g/mol. The first-order valence-corrected chi connectivity index (χ1v) is 5.95. The zero-order chi connectivity index (χ0) is 12.9. The van der Waals surface area contributed by atoms with E-state index in [4.69, 9.17) is 0 Å². The predicted octanol–water partition coefficient (Wildman–Crippen LogP) is -0.321. The molecule has 6 nitrogen and oxygen atoms in total. The maximum atomic E-state index is 11.5. The van der Waals surface area contributed by atoms with Crippen LogP contribution in [0.3, 0.4) is 0 Å². The standard InChI is InChI=1S/C11H21N3O3/c1-3-12-10(16)13-9(15)7-14-6-4-5-11(2,17)8-14/h17H,3-8H2,1-2H3,(H2,12,13,15,16). The largest absolute Gasteiger partial charge is 0.389 e. The summed E-state index contributed by atoms with van der Waals surface area (Å²) in [6.07, 6.45) is 1.61. The summed E-state index contributed by atoms with van der Waals surface area (Å²) in [5.74, 6) is -0.339. The average Bonchev–Trinajstić information content (AvgIpc) is 2.15. The lowest BCUT2D eigenvalue weighted by Gasteiger charge is -2.36. The van der Waals surface area contributed by atoms with Crippen molar-refractivity contribution in [2.75, 3.05) is 26.2 Å². The molecule has 0 aromatic rings. The number of piperidine rings is 1. The number of carbonyl (C=O) groups is 2. The summed E-state index contributed by atoms with van der Waals surface area (Å²) in [5.41, 5.74) is -0.732. The smallest absolute Gasteiger partial charge is 0.321 e. The summed E-state index contributed by atoms with van der Waals surface area (Å²) in [5, 5.41) is 14.6. The molecule has 6 heteroatoms. The number of nitrogens with zero attached hydrogens (tertiary/aromatic N) is 1. The van der Waals surface area contributed by atoms with E-state index in [1.807, 2.05) is 4.90 Å². The van der Waals surface area contributed by atoms with E-state index in [9.17, 15) is 14.7 Å². The van der Waals surface area contributed by atoms with E-state index in [1.54, 1.807) is 13.8 Å². The Bertz CT molecular complexity index is 292. The topological polar surface area (TPSA) is 81.7 Å². The molecule has 0 radical (unpaired) electrons. The van der Waals surface area contributed by atoms with E-state index in [0.717, 1.165) is 19.4 Å². The molecule has 0 saturated carbocycles. The number of amides is 3. The third kappa shape index (κ3) is 5.14. The van der Waals surface area contributed by atoms with E-state index in [-0.39, 0.29) is 12.5 Å². The predicted molar refractivity (Wildman–Crippen MR) is 63.5 cm³/mol. The lowest BCUT2D eigenvalue weighted by Crippen LogP contribution is -2.51. The summed E-state index contributed by atoms with van der Waals surface area (Å²) in [6.45, 7) is 5.42. The molecule has 1 heterocycles. The van der Waals surface area contributed by atoms with Crippen LogP contribution in [0.25, 0.3) is 0 Å². The van der Waals surface area contributed by atoms with Gasteiger partial charge in [0.05, 0.1) is 12.1 Å². The van der Waals surface area contributed by atoms with Gasteiger partial charge in [-0.25, -0.2) is 4.79 Å². The van der Waals surface area contributed by atoms with Crippen LogP contribution in [0.1, 0.15) is 26.7 Å². The van der Waals surface area contributed by atoms with Gasteiger partial charge >= 0.3 is 6.03 Å². The van der Waals surface area contributed by atoms with Crippen LogP contribution in [0.2, 0.25) is 0 Å². The number of urea groups is 1. The molecule has 0 aromatic heterocycles. The van der Waals surface area contributed by atoms with Crippen LogP contribution in [0.15, 0.2) is 0 Å². The minimum absolute atomic E-state index is 0.146. The van der Waals surface area contributed by atoms with Crippen LogP contribution < -0.4 is 10.6 Å². The molecule has 1 unspecified atom stereocenters. The van der Waals surface area contributed by atoms with Crippen molar-refractivity contribution in [2.45, 2.75) is 32.3 Å². The molecule has 3 amide bonds. The normalized spacial score (nSPS) is 25.4. The summed E-state index contributed by atoms with van der Waals surface area (Å²) in [7, 11) is 0. The lowest BCUT2D eigenvalue weighted by atomic mass is 9.95. The summed E-state index contributed by atoms with van der Waals surface area (Å²) in [4.78, 5) is 24.5. The molecule has 1 saturated heterocycles. The van der Waals surface area contributed by atoms with E-state index in [2.05, 4.69) is 10.6 Å². The maximum Gasteiger partial charge on any atom is 0.321 e. The number of β-amino-alcohol motifs (C(OH)–C–C–N with tert-alkyl or cyclic N) is 1. The minimum Gasteiger partial charge on any atom is -0.389 e. The van der Waals surface area contributed by atoms with Crippen molar-refractivity contribution in [1.82, 2.24) is 15.5 Å². The number of hydrogen-bond acceptors (Lipinski definition) is 4. The van der Waals surface area contributed by atoms with Gasteiger partial charge in [0.1, 0.15) is 0 Å². The van der Waals surface area contributed by atoms with Crippen molar-refractivity contribution < 1.29 is 14.7 Å². The third-order valence-corrected chi connectivity index (χ3v) is 2.71. The molecule has 0 bridgehead atoms. The fourth-order valence-electron chi connectivity index (χ4n) is 2.03. The van der Waals surface area contributed by atoms with E-state index in [0.29, 0.717) is 13.1 Å². The van der Waals surface area contributed by atoms with Crippen LogP contribution in [0.4, 0.5) is 4.79 Å². The Morgan fingerprint density at radius 2 is 2.18 bits per heavy atom. The highest BCUT2D eigenvalue weighted by Gasteiger charge is 2.29. The Balaban J connectivity index is 2.33. The monoisotopic (exact) mass is 243 g/mol. The number of carbonyl (C=O) groups excluding carboxylic acids is 2. The molecule has 0 aliphatic carbocycles. The van der Waals surface area contributed by atoms with Crippen molar-refractivity contribution >= 4 is 11.9 Å². The Kier molecular flexibility index (Phi) is 4.89. The van der Waals surface area contributed by atoms with E-state index in [1.165, 1.54) is 0 Å². The van der Waals surface area contributed by atoms with Gasteiger partial charge in [-0.15, -0.1) is 0 Å². The number of nitrogens with one attached hydrogen (secondary N) is 2. The van der Waals surface area contributed by atoms with Gasteiger partial charge in [0.15, 0.2) is 0 Å². The first-order valence-electron chi connectivity index (χ1n) is 5.95. The van der Waals surface area contributed by atoms with Crippen molar-refractivity contribution in [1.29, 1.82) is 0 Å². The Morgan fingerprint density at radius 1 is 1.47 bits per heavy atom. The quantitative estimate of drug-likeness (QED) is 0.634. The molecule has 0 spiro atoms. The zero-order valence-electron chi connectivity index (χ0n) is 10.5. The van der Waals surface area contributed by atoms with Crippen LogP contribution >= 0.6 is 0 Å². The number of imide groups is 1. The number of aliphatic hydroxyl groups is 1. The molecule has 3 N–H and O–H groups in total. The van der Waals surface area contributed by atoms with Crippen LogP contribution in [-0.2, 0) is 4.79 Å². The first kappa shape index (κ1) is 13.9. The molecule has 1 fully saturated rings. The van der Waals surface area contributed by atoms with Crippen LogP contribution in [0, 0.1) is 0 Å².